The minimum absolute atomic E-state index is 0.391. The molecule has 5 heteroatoms. The molecule has 2 rings (SSSR count). The van der Waals surface area contributed by atoms with Crippen molar-refractivity contribution < 1.29 is 4.52 Å². The number of hydrogen-bond acceptors (Lipinski definition) is 5. The second-order valence-corrected chi connectivity index (χ2v) is 5.64. The van der Waals surface area contributed by atoms with Gasteiger partial charge >= 0.3 is 0 Å². The molecule has 2 aromatic rings. The SMILES string of the molecule is Cc1cnccc1-c1noc(C[C@@H](CN)CC(C)C)n1. The van der Waals surface area contributed by atoms with Crippen molar-refractivity contribution in [3.63, 3.8) is 0 Å². The first-order valence-corrected chi connectivity index (χ1v) is 7.03. The molecule has 0 bridgehead atoms. The zero-order valence-corrected chi connectivity index (χ0v) is 12.3. The van der Waals surface area contributed by atoms with Crippen molar-refractivity contribution in [2.75, 3.05) is 6.54 Å². The number of nitrogens with two attached hydrogens (primary N) is 1. The van der Waals surface area contributed by atoms with Gasteiger partial charge in [0.15, 0.2) is 0 Å². The first kappa shape index (κ1) is 14.7. The number of aromatic nitrogens is 3. The Balaban J connectivity index is 2.11. The van der Waals surface area contributed by atoms with Crippen LogP contribution in [0.4, 0.5) is 0 Å². The molecule has 2 N–H and O–H groups in total. The van der Waals surface area contributed by atoms with Crippen LogP contribution in [0, 0.1) is 18.8 Å². The van der Waals surface area contributed by atoms with E-state index in [0.717, 1.165) is 24.0 Å². The third kappa shape index (κ3) is 3.63. The van der Waals surface area contributed by atoms with Gasteiger partial charge < -0.3 is 10.3 Å². The summed E-state index contributed by atoms with van der Waals surface area (Å²) < 4.78 is 5.35. The molecule has 0 amide bonds. The van der Waals surface area contributed by atoms with Crippen LogP contribution < -0.4 is 5.73 Å². The van der Waals surface area contributed by atoms with Gasteiger partial charge in [-0.15, -0.1) is 0 Å². The highest BCUT2D eigenvalue weighted by Crippen LogP contribution is 2.21. The summed E-state index contributed by atoms with van der Waals surface area (Å²) in [5.41, 5.74) is 7.81. The number of nitrogens with zero attached hydrogens (tertiary/aromatic N) is 3. The Hall–Kier alpha value is -1.75. The molecule has 0 fully saturated rings. The van der Waals surface area contributed by atoms with Crippen LogP contribution in [-0.4, -0.2) is 21.7 Å². The van der Waals surface area contributed by atoms with Crippen molar-refractivity contribution in [1.29, 1.82) is 0 Å². The van der Waals surface area contributed by atoms with Crippen LogP contribution in [0.15, 0.2) is 23.0 Å². The monoisotopic (exact) mass is 274 g/mol. The number of aryl methyl sites for hydroxylation is 1. The maximum absolute atomic E-state index is 5.81. The van der Waals surface area contributed by atoms with Crippen molar-refractivity contribution >= 4 is 0 Å². The molecule has 0 spiro atoms. The van der Waals surface area contributed by atoms with E-state index < -0.39 is 0 Å². The van der Waals surface area contributed by atoms with Crippen LogP contribution in [0.2, 0.25) is 0 Å². The Morgan fingerprint density at radius 3 is 2.80 bits per heavy atom. The maximum Gasteiger partial charge on any atom is 0.227 e. The second kappa shape index (κ2) is 6.61. The zero-order valence-electron chi connectivity index (χ0n) is 12.3. The van der Waals surface area contributed by atoms with Gasteiger partial charge in [-0.2, -0.15) is 4.98 Å². The molecule has 20 heavy (non-hydrogen) atoms. The lowest BCUT2D eigenvalue weighted by Gasteiger charge is -2.14. The zero-order chi connectivity index (χ0) is 14.5. The fourth-order valence-electron chi connectivity index (χ4n) is 2.35. The van der Waals surface area contributed by atoms with E-state index in [2.05, 4.69) is 29.0 Å². The van der Waals surface area contributed by atoms with Crippen molar-refractivity contribution in [3.05, 3.63) is 29.9 Å². The molecular formula is C15H22N4O. The average Bonchev–Trinajstić information content (AvgIpc) is 2.86. The van der Waals surface area contributed by atoms with Crippen molar-refractivity contribution in [1.82, 2.24) is 15.1 Å². The Morgan fingerprint density at radius 1 is 1.35 bits per heavy atom. The van der Waals surface area contributed by atoms with E-state index in [-0.39, 0.29) is 0 Å². The largest absolute Gasteiger partial charge is 0.339 e. The minimum Gasteiger partial charge on any atom is -0.339 e. The molecule has 0 radical (unpaired) electrons. The van der Waals surface area contributed by atoms with E-state index in [1.54, 1.807) is 12.4 Å². The van der Waals surface area contributed by atoms with Gasteiger partial charge in [-0.25, -0.2) is 0 Å². The summed E-state index contributed by atoms with van der Waals surface area (Å²) in [6, 6.07) is 1.90. The Morgan fingerprint density at radius 2 is 2.15 bits per heavy atom. The van der Waals surface area contributed by atoms with Crippen LogP contribution in [0.5, 0.6) is 0 Å². The Bertz CT molecular complexity index is 550. The molecule has 0 aliphatic rings. The van der Waals surface area contributed by atoms with Crippen molar-refractivity contribution in [3.8, 4) is 11.4 Å². The molecule has 1 atom stereocenters. The van der Waals surface area contributed by atoms with Gasteiger partial charge in [-0.05, 0) is 43.4 Å². The highest BCUT2D eigenvalue weighted by molar-refractivity contribution is 5.57. The first-order chi connectivity index (χ1) is 9.60. The fourth-order valence-corrected chi connectivity index (χ4v) is 2.35. The van der Waals surface area contributed by atoms with E-state index in [1.807, 2.05) is 13.0 Å². The van der Waals surface area contributed by atoms with E-state index in [1.165, 1.54) is 0 Å². The van der Waals surface area contributed by atoms with Crippen LogP contribution in [0.25, 0.3) is 11.4 Å². The molecule has 0 saturated carbocycles. The van der Waals surface area contributed by atoms with Crippen LogP contribution in [-0.2, 0) is 6.42 Å². The minimum atomic E-state index is 0.391. The maximum atomic E-state index is 5.81. The van der Waals surface area contributed by atoms with Gasteiger partial charge in [-0.3, -0.25) is 4.98 Å². The summed E-state index contributed by atoms with van der Waals surface area (Å²) in [6.45, 7) is 7.02. The summed E-state index contributed by atoms with van der Waals surface area (Å²) in [4.78, 5) is 8.54. The summed E-state index contributed by atoms with van der Waals surface area (Å²) in [5, 5.41) is 4.06. The molecule has 0 aliphatic carbocycles. The molecule has 0 saturated heterocycles. The lowest BCUT2D eigenvalue weighted by Crippen LogP contribution is -2.19. The van der Waals surface area contributed by atoms with Gasteiger partial charge in [0.2, 0.25) is 11.7 Å². The fraction of sp³-hybridized carbons (Fsp3) is 0.533. The molecule has 0 aliphatic heterocycles. The van der Waals surface area contributed by atoms with E-state index in [0.29, 0.717) is 30.1 Å². The topological polar surface area (TPSA) is 77.8 Å². The van der Waals surface area contributed by atoms with Crippen molar-refractivity contribution in [2.24, 2.45) is 17.6 Å². The number of hydrogen-bond donors (Lipinski definition) is 1. The van der Waals surface area contributed by atoms with Gasteiger partial charge in [0.05, 0.1) is 0 Å². The highest BCUT2D eigenvalue weighted by Gasteiger charge is 2.16. The lowest BCUT2D eigenvalue weighted by molar-refractivity contribution is 0.332. The second-order valence-electron chi connectivity index (χ2n) is 5.64. The number of pyridine rings is 1. The molecule has 2 heterocycles. The van der Waals surface area contributed by atoms with Crippen molar-refractivity contribution in [2.45, 2.75) is 33.6 Å². The van der Waals surface area contributed by atoms with Gasteiger partial charge in [-0.1, -0.05) is 19.0 Å². The van der Waals surface area contributed by atoms with Crippen LogP contribution in [0.3, 0.4) is 0 Å². The summed E-state index contributed by atoms with van der Waals surface area (Å²) in [7, 11) is 0. The molecule has 5 nitrogen and oxygen atoms in total. The predicted octanol–water partition coefficient (Wildman–Crippen LogP) is 2.60. The predicted molar refractivity (Wildman–Crippen MR) is 78.0 cm³/mol. The first-order valence-electron chi connectivity index (χ1n) is 7.03. The third-order valence-electron chi connectivity index (χ3n) is 3.33. The Labute approximate surface area is 119 Å². The molecule has 2 aromatic heterocycles. The highest BCUT2D eigenvalue weighted by atomic mass is 16.5. The van der Waals surface area contributed by atoms with Gasteiger partial charge in [0.25, 0.3) is 0 Å². The smallest absolute Gasteiger partial charge is 0.227 e. The summed E-state index contributed by atoms with van der Waals surface area (Å²) in [6.07, 6.45) is 5.35. The summed E-state index contributed by atoms with van der Waals surface area (Å²) in [5.74, 6) is 2.29. The molecular weight excluding hydrogens is 252 g/mol. The Kier molecular flexibility index (Phi) is 4.84. The molecule has 108 valence electrons. The normalized spacial score (nSPS) is 12.8. The van der Waals surface area contributed by atoms with E-state index >= 15 is 0 Å². The standard InChI is InChI=1S/C15H22N4O/c1-10(2)6-12(8-16)7-14-18-15(19-20-14)13-4-5-17-9-11(13)3/h4-5,9-10,12H,6-8,16H2,1-3H3/t12-/m0/s1. The molecule has 0 aromatic carbocycles. The van der Waals surface area contributed by atoms with Gasteiger partial charge in [0, 0.05) is 24.4 Å². The average molecular weight is 274 g/mol. The lowest BCUT2D eigenvalue weighted by atomic mass is 9.94. The quantitative estimate of drug-likeness (QED) is 0.876. The van der Waals surface area contributed by atoms with E-state index in [9.17, 15) is 0 Å². The number of rotatable bonds is 6. The van der Waals surface area contributed by atoms with Crippen LogP contribution >= 0.6 is 0 Å². The third-order valence-corrected chi connectivity index (χ3v) is 3.33. The van der Waals surface area contributed by atoms with Gasteiger partial charge in [0.1, 0.15) is 0 Å². The van der Waals surface area contributed by atoms with Crippen LogP contribution in [0.1, 0.15) is 31.7 Å². The molecule has 0 unspecified atom stereocenters. The van der Waals surface area contributed by atoms with E-state index in [4.69, 9.17) is 10.3 Å². The summed E-state index contributed by atoms with van der Waals surface area (Å²) >= 11 is 0.